The maximum Gasteiger partial charge on any atom is 0.164 e. The van der Waals surface area contributed by atoms with E-state index >= 15 is 0 Å². The molecule has 0 radical (unpaired) electrons. The first-order valence-electron chi connectivity index (χ1n) is 22.5. The minimum absolute atomic E-state index is 0.533. The van der Waals surface area contributed by atoms with Crippen molar-refractivity contribution in [1.29, 1.82) is 0 Å². The summed E-state index contributed by atoms with van der Waals surface area (Å²) in [4.78, 5) is 31.3. The molecule has 13 aromatic rings. The van der Waals surface area contributed by atoms with Crippen molar-refractivity contribution < 1.29 is 0 Å². The van der Waals surface area contributed by atoms with Crippen LogP contribution in [0.25, 0.3) is 127 Å². The molecule has 0 spiro atoms. The van der Waals surface area contributed by atoms with E-state index in [1.165, 1.54) is 25.6 Å². The van der Waals surface area contributed by atoms with Gasteiger partial charge in [-0.05, 0) is 59.7 Å². The highest BCUT2D eigenvalue weighted by Crippen LogP contribution is 2.41. The zero-order chi connectivity index (χ0) is 45.0. The Hall–Kier alpha value is -8.98. The topological polar surface area (TPSA) is 82.3 Å². The van der Waals surface area contributed by atoms with Crippen molar-refractivity contribution in [3.8, 4) is 85.1 Å². The van der Waals surface area contributed by atoms with Crippen LogP contribution < -0.4 is 0 Å². The summed E-state index contributed by atoms with van der Waals surface area (Å²) >= 11 is 1.81. The largest absolute Gasteiger partial charge is 0.309 e. The highest BCUT2D eigenvalue weighted by molar-refractivity contribution is 7.25. The molecule has 9 aromatic carbocycles. The van der Waals surface area contributed by atoms with E-state index in [0.29, 0.717) is 34.9 Å². The Morgan fingerprint density at radius 3 is 1.35 bits per heavy atom. The number of rotatable bonds is 8. The van der Waals surface area contributed by atoms with Crippen molar-refractivity contribution in [2.45, 2.75) is 0 Å². The summed E-state index contributed by atoms with van der Waals surface area (Å²) in [5.74, 6) is 3.39. The molecule has 0 bridgehead atoms. The monoisotopic (exact) mass is 887 g/mol. The Morgan fingerprint density at radius 1 is 0.265 bits per heavy atom. The van der Waals surface area contributed by atoms with Gasteiger partial charge < -0.3 is 4.57 Å². The first-order chi connectivity index (χ1) is 33.7. The van der Waals surface area contributed by atoms with Crippen molar-refractivity contribution in [2.75, 3.05) is 0 Å². The third-order valence-electron chi connectivity index (χ3n) is 12.5. The van der Waals surface area contributed by atoms with Gasteiger partial charge in [-0.2, -0.15) is 0 Å². The van der Waals surface area contributed by atoms with E-state index in [2.05, 4.69) is 132 Å². The number of nitrogens with zero attached hydrogens (tertiary/aromatic N) is 7. The molecule has 0 aliphatic rings. The standard InChI is InChI=1S/C60H37N7S/c1-5-17-38(18-6-1)55-62-58(64-59(63-55)43-30-33-47-46-25-13-15-27-51(46)67(52(47)37-43)44-23-11-4-12-24-44)42-29-32-45(41-31-34-54-49(35-41)48-26-14-16-28-53(48)68-54)50(36-42)60-65-56(39-19-7-2-8-20-39)61-57(66-60)40-21-9-3-10-22-40/h1-37H. The summed E-state index contributed by atoms with van der Waals surface area (Å²) in [6, 6.07) is 77.6. The number of thiophene rings is 1. The van der Waals surface area contributed by atoms with Crippen LogP contribution in [0.5, 0.6) is 0 Å². The number of hydrogen-bond donors (Lipinski definition) is 0. The average Bonchev–Trinajstić information content (AvgIpc) is 3.96. The maximum atomic E-state index is 5.31. The SMILES string of the molecule is c1ccc(-c2nc(-c3ccc(-c4ccc5sc6ccccc6c5c4)c(-c4nc(-c5ccccc5)nc(-c5ccccc5)n4)c3)nc(-c3ccc4c5ccccc5n(-c5ccccc5)c4c3)n2)cc1. The average molecular weight is 888 g/mol. The summed E-state index contributed by atoms with van der Waals surface area (Å²) < 4.78 is 4.81. The van der Waals surface area contributed by atoms with E-state index in [0.717, 1.165) is 66.6 Å². The molecule has 0 unspecified atom stereocenters. The molecule has 0 fully saturated rings. The molecular formula is C60H37N7S. The molecule has 4 aromatic heterocycles. The molecule has 0 saturated carbocycles. The van der Waals surface area contributed by atoms with Gasteiger partial charge in [-0.1, -0.05) is 176 Å². The second kappa shape index (κ2) is 16.5. The number of aromatic nitrogens is 7. The van der Waals surface area contributed by atoms with Crippen LogP contribution >= 0.6 is 11.3 Å². The van der Waals surface area contributed by atoms with Gasteiger partial charge in [-0.3, -0.25) is 0 Å². The number of fused-ring (bicyclic) bond motifs is 6. The lowest BCUT2D eigenvalue weighted by Crippen LogP contribution is -2.03. The highest BCUT2D eigenvalue weighted by Gasteiger charge is 2.21. The zero-order valence-corrected chi connectivity index (χ0v) is 37.2. The first kappa shape index (κ1) is 39.4. The molecule has 0 aliphatic heterocycles. The summed E-state index contributed by atoms with van der Waals surface area (Å²) in [6.45, 7) is 0. The Bertz CT molecular complexity index is 3960. The minimum atomic E-state index is 0.533. The van der Waals surface area contributed by atoms with Gasteiger partial charge in [-0.15, -0.1) is 11.3 Å². The number of benzene rings is 9. The molecule has 0 amide bonds. The van der Waals surface area contributed by atoms with Crippen LogP contribution in [-0.4, -0.2) is 34.5 Å². The lowest BCUT2D eigenvalue weighted by Gasteiger charge is -2.15. The van der Waals surface area contributed by atoms with E-state index < -0.39 is 0 Å². The van der Waals surface area contributed by atoms with E-state index in [4.69, 9.17) is 29.9 Å². The summed E-state index contributed by atoms with van der Waals surface area (Å²) in [6.07, 6.45) is 0. The summed E-state index contributed by atoms with van der Waals surface area (Å²) in [5, 5.41) is 4.78. The van der Waals surface area contributed by atoms with Gasteiger partial charge in [0, 0.05) is 70.0 Å². The van der Waals surface area contributed by atoms with E-state index in [-0.39, 0.29) is 0 Å². The van der Waals surface area contributed by atoms with Crippen LogP contribution in [-0.2, 0) is 0 Å². The van der Waals surface area contributed by atoms with Gasteiger partial charge in [0.2, 0.25) is 0 Å². The molecule has 13 rings (SSSR count). The van der Waals surface area contributed by atoms with Crippen molar-refractivity contribution in [2.24, 2.45) is 0 Å². The third kappa shape index (κ3) is 6.99. The number of para-hydroxylation sites is 2. The molecular weight excluding hydrogens is 851 g/mol. The van der Waals surface area contributed by atoms with E-state index in [1.54, 1.807) is 0 Å². The normalized spacial score (nSPS) is 11.5. The quantitative estimate of drug-likeness (QED) is 0.151. The molecule has 318 valence electrons. The highest BCUT2D eigenvalue weighted by atomic mass is 32.1. The van der Waals surface area contributed by atoms with Crippen molar-refractivity contribution in [3.63, 3.8) is 0 Å². The molecule has 0 saturated heterocycles. The Balaban J connectivity index is 1.04. The number of hydrogen-bond acceptors (Lipinski definition) is 7. The summed E-state index contributed by atoms with van der Waals surface area (Å²) in [5.41, 5.74) is 10.5. The summed E-state index contributed by atoms with van der Waals surface area (Å²) in [7, 11) is 0. The maximum absolute atomic E-state index is 5.31. The Labute approximate surface area is 395 Å². The van der Waals surface area contributed by atoms with Gasteiger partial charge in [0.1, 0.15) is 0 Å². The van der Waals surface area contributed by atoms with Gasteiger partial charge in [-0.25, -0.2) is 29.9 Å². The van der Waals surface area contributed by atoms with Crippen LogP contribution in [0, 0.1) is 0 Å². The Morgan fingerprint density at radius 2 is 0.721 bits per heavy atom. The minimum Gasteiger partial charge on any atom is -0.309 e. The van der Waals surface area contributed by atoms with Crippen LogP contribution in [0.15, 0.2) is 224 Å². The molecule has 0 aliphatic carbocycles. The lowest BCUT2D eigenvalue weighted by molar-refractivity contribution is 1.07. The fourth-order valence-corrected chi connectivity index (χ4v) is 10.3. The molecule has 0 atom stereocenters. The second-order valence-corrected chi connectivity index (χ2v) is 17.8. The zero-order valence-electron chi connectivity index (χ0n) is 36.4. The van der Waals surface area contributed by atoms with E-state index in [1.807, 2.05) is 108 Å². The fourth-order valence-electron chi connectivity index (χ4n) is 9.26. The second-order valence-electron chi connectivity index (χ2n) is 16.7. The molecule has 4 heterocycles. The van der Waals surface area contributed by atoms with Gasteiger partial charge in [0.15, 0.2) is 34.9 Å². The third-order valence-corrected chi connectivity index (χ3v) is 13.7. The van der Waals surface area contributed by atoms with Crippen LogP contribution in [0.3, 0.4) is 0 Å². The smallest absolute Gasteiger partial charge is 0.164 e. The lowest BCUT2D eigenvalue weighted by atomic mass is 9.95. The van der Waals surface area contributed by atoms with Crippen molar-refractivity contribution >= 4 is 53.3 Å². The molecule has 7 nitrogen and oxygen atoms in total. The molecule has 8 heteroatoms. The fraction of sp³-hybridized carbons (Fsp3) is 0. The van der Waals surface area contributed by atoms with Crippen LogP contribution in [0.1, 0.15) is 0 Å². The van der Waals surface area contributed by atoms with Crippen LogP contribution in [0.2, 0.25) is 0 Å². The first-order valence-corrected chi connectivity index (χ1v) is 23.3. The van der Waals surface area contributed by atoms with Crippen molar-refractivity contribution in [3.05, 3.63) is 224 Å². The van der Waals surface area contributed by atoms with Gasteiger partial charge in [0.25, 0.3) is 0 Å². The predicted octanol–water partition coefficient (Wildman–Crippen LogP) is 15.2. The van der Waals surface area contributed by atoms with Crippen LogP contribution in [0.4, 0.5) is 0 Å². The predicted molar refractivity (Wildman–Crippen MR) is 278 cm³/mol. The molecule has 68 heavy (non-hydrogen) atoms. The van der Waals surface area contributed by atoms with Gasteiger partial charge >= 0.3 is 0 Å². The van der Waals surface area contributed by atoms with Crippen molar-refractivity contribution in [1.82, 2.24) is 34.5 Å². The van der Waals surface area contributed by atoms with E-state index in [9.17, 15) is 0 Å². The molecule has 0 N–H and O–H groups in total. The Kier molecular flexibility index (Phi) is 9.54. The van der Waals surface area contributed by atoms with Gasteiger partial charge in [0.05, 0.1) is 11.0 Å².